The predicted octanol–water partition coefficient (Wildman–Crippen LogP) is 2.82. The largest absolute Gasteiger partial charge is 0.330 e. The van der Waals surface area contributed by atoms with E-state index in [9.17, 15) is 4.79 Å². The van der Waals surface area contributed by atoms with Crippen molar-refractivity contribution in [3.63, 3.8) is 0 Å². The second-order valence-electron chi connectivity index (χ2n) is 6.42. The average molecular weight is 260 g/mol. The number of carbonyl (C=O) groups is 1. The van der Waals surface area contributed by atoms with E-state index < -0.39 is 0 Å². The molecule has 0 saturated heterocycles. The lowest BCUT2D eigenvalue weighted by Crippen LogP contribution is -2.41. The maximum atomic E-state index is 12.5. The van der Waals surface area contributed by atoms with E-state index in [4.69, 9.17) is 5.73 Å². The van der Waals surface area contributed by atoms with E-state index in [1.807, 2.05) is 29.2 Å². The zero-order valence-corrected chi connectivity index (χ0v) is 12.3. The molecule has 3 nitrogen and oxygen atoms in total. The lowest BCUT2D eigenvalue weighted by molar-refractivity contribution is 0.0587. The van der Waals surface area contributed by atoms with Crippen molar-refractivity contribution in [2.75, 3.05) is 13.1 Å². The van der Waals surface area contributed by atoms with Crippen LogP contribution in [0.3, 0.4) is 0 Å². The molecule has 0 unspecified atom stereocenters. The number of fused-ring (bicyclic) bond motifs is 1. The van der Waals surface area contributed by atoms with Gasteiger partial charge >= 0.3 is 0 Å². The molecule has 1 aromatic carbocycles. The molecule has 2 N–H and O–H groups in total. The number of amides is 1. The van der Waals surface area contributed by atoms with Crippen molar-refractivity contribution in [2.45, 2.75) is 33.7 Å². The van der Waals surface area contributed by atoms with Gasteiger partial charge in [0, 0.05) is 18.7 Å². The monoisotopic (exact) mass is 260 g/mol. The zero-order valence-electron chi connectivity index (χ0n) is 12.3. The van der Waals surface area contributed by atoms with Crippen LogP contribution in [0.25, 0.3) is 0 Å². The smallest absolute Gasteiger partial charge is 0.254 e. The van der Waals surface area contributed by atoms with Gasteiger partial charge in [0.2, 0.25) is 0 Å². The Balaban J connectivity index is 2.31. The first-order valence-electron chi connectivity index (χ1n) is 6.98. The molecule has 1 amide bonds. The highest BCUT2D eigenvalue weighted by atomic mass is 16.2. The van der Waals surface area contributed by atoms with Crippen LogP contribution in [-0.4, -0.2) is 23.9 Å². The van der Waals surface area contributed by atoms with E-state index in [1.165, 1.54) is 0 Å². The van der Waals surface area contributed by atoms with Crippen LogP contribution in [-0.2, 0) is 0 Å². The Kier molecular flexibility index (Phi) is 3.68. The summed E-state index contributed by atoms with van der Waals surface area (Å²) in [6.45, 7) is 10.1. The highest BCUT2D eigenvalue weighted by molar-refractivity contribution is 5.99. The molecular formula is C16H24N2O. The predicted molar refractivity (Wildman–Crippen MR) is 77.9 cm³/mol. The molecule has 3 heteroatoms. The number of rotatable bonds is 4. The summed E-state index contributed by atoms with van der Waals surface area (Å²) in [5.74, 6) is 0.641. The van der Waals surface area contributed by atoms with Gasteiger partial charge in [0.1, 0.15) is 0 Å². The quantitative estimate of drug-likeness (QED) is 0.905. The Morgan fingerprint density at radius 3 is 2.53 bits per heavy atom. The first-order chi connectivity index (χ1) is 8.88. The molecule has 1 aliphatic heterocycles. The molecule has 104 valence electrons. The fraction of sp³-hybridized carbons (Fsp3) is 0.562. The molecule has 0 bridgehead atoms. The Bertz CT molecular complexity index is 479. The van der Waals surface area contributed by atoms with Gasteiger partial charge in [0.15, 0.2) is 0 Å². The van der Waals surface area contributed by atoms with Gasteiger partial charge in [-0.3, -0.25) is 4.79 Å². The first-order valence-corrected chi connectivity index (χ1v) is 6.98. The third kappa shape index (κ3) is 2.39. The zero-order chi connectivity index (χ0) is 14.2. The van der Waals surface area contributed by atoms with Crippen LogP contribution in [0, 0.1) is 11.3 Å². The molecule has 1 heterocycles. The van der Waals surface area contributed by atoms with Crippen LogP contribution in [0.15, 0.2) is 24.3 Å². The van der Waals surface area contributed by atoms with E-state index in [0.717, 1.165) is 17.7 Å². The van der Waals surface area contributed by atoms with Crippen LogP contribution < -0.4 is 5.73 Å². The normalized spacial score (nSPS) is 19.2. The summed E-state index contributed by atoms with van der Waals surface area (Å²) in [6.07, 6.45) is 0. The highest BCUT2D eigenvalue weighted by Gasteiger charge is 2.39. The second-order valence-corrected chi connectivity index (χ2v) is 6.42. The number of hydrogen-bond donors (Lipinski definition) is 1. The minimum Gasteiger partial charge on any atom is -0.330 e. The molecule has 0 saturated carbocycles. The fourth-order valence-electron chi connectivity index (χ4n) is 2.50. The Morgan fingerprint density at radius 2 is 1.95 bits per heavy atom. The van der Waals surface area contributed by atoms with Gasteiger partial charge in [-0.05, 0) is 23.0 Å². The topological polar surface area (TPSA) is 46.3 Å². The van der Waals surface area contributed by atoms with Crippen LogP contribution in [0.4, 0.5) is 0 Å². The summed E-state index contributed by atoms with van der Waals surface area (Å²) in [4.78, 5) is 14.5. The van der Waals surface area contributed by atoms with Crippen molar-refractivity contribution in [1.82, 2.24) is 4.90 Å². The van der Waals surface area contributed by atoms with E-state index in [1.54, 1.807) is 0 Å². The van der Waals surface area contributed by atoms with Gasteiger partial charge < -0.3 is 10.6 Å². The lowest BCUT2D eigenvalue weighted by atomic mass is 9.80. The average Bonchev–Trinajstić information content (AvgIpc) is 2.62. The van der Waals surface area contributed by atoms with E-state index in [-0.39, 0.29) is 17.4 Å². The number of hydrogen-bond acceptors (Lipinski definition) is 2. The summed E-state index contributed by atoms with van der Waals surface area (Å²) in [5, 5.41) is 0. The minimum atomic E-state index is 0.0294. The summed E-state index contributed by atoms with van der Waals surface area (Å²) in [7, 11) is 0. The standard InChI is InChI=1S/C16H24N2O/c1-11(2)16(3,4)10-18-14(9-17)12-7-5-6-8-13(12)15(18)19/h5-8,11,14H,9-10,17H2,1-4H3/t14-/m1/s1. The van der Waals surface area contributed by atoms with Crippen molar-refractivity contribution in [3.8, 4) is 0 Å². The number of benzene rings is 1. The summed E-state index contributed by atoms with van der Waals surface area (Å²) in [6, 6.07) is 7.85. The molecule has 0 spiro atoms. The van der Waals surface area contributed by atoms with Crippen molar-refractivity contribution in [2.24, 2.45) is 17.1 Å². The van der Waals surface area contributed by atoms with Crippen molar-refractivity contribution >= 4 is 5.91 Å². The second kappa shape index (κ2) is 4.97. The molecular weight excluding hydrogens is 236 g/mol. The maximum absolute atomic E-state index is 12.5. The minimum absolute atomic E-state index is 0.0294. The van der Waals surface area contributed by atoms with E-state index in [2.05, 4.69) is 27.7 Å². The SMILES string of the molecule is CC(C)C(C)(C)CN1C(=O)c2ccccc2[C@H]1CN. The maximum Gasteiger partial charge on any atom is 0.254 e. The third-order valence-electron chi connectivity index (χ3n) is 4.55. The van der Waals surface area contributed by atoms with Crippen molar-refractivity contribution in [3.05, 3.63) is 35.4 Å². The Hall–Kier alpha value is -1.35. The molecule has 2 rings (SSSR count). The van der Waals surface area contributed by atoms with Crippen LogP contribution in [0.5, 0.6) is 0 Å². The highest BCUT2D eigenvalue weighted by Crippen LogP contribution is 2.37. The molecule has 0 radical (unpaired) electrons. The Labute approximate surface area is 115 Å². The van der Waals surface area contributed by atoms with Gasteiger partial charge in [0.05, 0.1) is 6.04 Å². The van der Waals surface area contributed by atoms with E-state index >= 15 is 0 Å². The molecule has 1 atom stereocenters. The van der Waals surface area contributed by atoms with Gasteiger partial charge in [-0.1, -0.05) is 45.9 Å². The van der Waals surface area contributed by atoms with Crippen molar-refractivity contribution in [1.29, 1.82) is 0 Å². The van der Waals surface area contributed by atoms with Crippen LogP contribution in [0.2, 0.25) is 0 Å². The van der Waals surface area contributed by atoms with Crippen LogP contribution >= 0.6 is 0 Å². The van der Waals surface area contributed by atoms with Crippen LogP contribution in [0.1, 0.15) is 49.7 Å². The fourth-order valence-corrected chi connectivity index (χ4v) is 2.50. The molecule has 0 fully saturated rings. The summed E-state index contributed by atoms with van der Waals surface area (Å²) < 4.78 is 0. The molecule has 1 aromatic rings. The van der Waals surface area contributed by atoms with E-state index in [0.29, 0.717) is 12.5 Å². The van der Waals surface area contributed by atoms with Gasteiger partial charge in [-0.25, -0.2) is 0 Å². The molecule has 1 aliphatic rings. The first kappa shape index (κ1) is 14.1. The molecule has 19 heavy (non-hydrogen) atoms. The number of nitrogens with zero attached hydrogens (tertiary/aromatic N) is 1. The Morgan fingerprint density at radius 1 is 1.32 bits per heavy atom. The number of carbonyl (C=O) groups excluding carboxylic acids is 1. The molecule has 0 aliphatic carbocycles. The summed E-state index contributed by atoms with van der Waals surface area (Å²) >= 11 is 0. The number of nitrogens with two attached hydrogens (primary N) is 1. The lowest BCUT2D eigenvalue weighted by Gasteiger charge is -2.36. The third-order valence-corrected chi connectivity index (χ3v) is 4.55. The van der Waals surface area contributed by atoms with Gasteiger partial charge in [0.25, 0.3) is 5.91 Å². The van der Waals surface area contributed by atoms with Gasteiger partial charge in [-0.15, -0.1) is 0 Å². The summed E-state index contributed by atoms with van der Waals surface area (Å²) in [5.41, 5.74) is 7.89. The van der Waals surface area contributed by atoms with Crippen molar-refractivity contribution < 1.29 is 4.79 Å². The van der Waals surface area contributed by atoms with Gasteiger partial charge in [-0.2, -0.15) is 0 Å². The molecule has 0 aromatic heterocycles.